The first-order valence-corrected chi connectivity index (χ1v) is 9.21. The standard InChI is InChI=1S/C19H28ClNO2/c1-14-11-17(12-15(2)18(14)20)23-13-19(22)7-9-21(10-8-19)16-5-3-4-6-16/h11-12,16,22H,3-10,13H2,1-2H3. The third-order valence-electron chi connectivity index (χ3n) is 5.49. The Kier molecular flexibility index (Phi) is 5.19. The maximum atomic E-state index is 10.8. The Hall–Kier alpha value is -0.770. The van der Waals surface area contributed by atoms with Gasteiger partial charge in [0.15, 0.2) is 0 Å². The minimum absolute atomic E-state index is 0.367. The highest BCUT2D eigenvalue weighted by Crippen LogP contribution is 2.31. The van der Waals surface area contributed by atoms with Gasteiger partial charge in [0.25, 0.3) is 0 Å². The molecule has 1 heterocycles. The molecular formula is C19H28ClNO2. The topological polar surface area (TPSA) is 32.7 Å². The highest BCUT2D eigenvalue weighted by atomic mass is 35.5. The third-order valence-corrected chi connectivity index (χ3v) is 6.08. The number of rotatable bonds is 4. The fourth-order valence-electron chi connectivity index (χ4n) is 3.93. The maximum absolute atomic E-state index is 10.8. The molecule has 3 nitrogen and oxygen atoms in total. The van der Waals surface area contributed by atoms with Crippen LogP contribution in [-0.4, -0.2) is 41.3 Å². The average molecular weight is 338 g/mol. The van der Waals surface area contributed by atoms with Gasteiger partial charge in [0, 0.05) is 24.2 Å². The number of hydrogen-bond donors (Lipinski definition) is 1. The van der Waals surface area contributed by atoms with Gasteiger partial charge in [0.1, 0.15) is 18.0 Å². The van der Waals surface area contributed by atoms with Crippen LogP contribution in [0.25, 0.3) is 0 Å². The predicted molar refractivity (Wildman–Crippen MR) is 94.4 cm³/mol. The van der Waals surface area contributed by atoms with E-state index in [0.717, 1.165) is 53.9 Å². The minimum Gasteiger partial charge on any atom is -0.491 e. The molecule has 1 aliphatic heterocycles. The minimum atomic E-state index is -0.698. The number of benzene rings is 1. The van der Waals surface area contributed by atoms with Gasteiger partial charge in [-0.15, -0.1) is 0 Å². The largest absolute Gasteiger partial charge is 0.491 e. The van der Waals surface area contributed by atoms with Gasteiger partial charge in [-0.05, 0) is 62.8 Å². The quantitative estimate of drug-likeness (QED) is 0.897. The van der Waals surface area contributed by atoms with Crippen LogP contribution in [0.5, 0.6) is 5.75 Å². The van der Waals surface area contributed by atoms with Gasteiger partial charge >= 0.3 is 0 Å². The van der Waals surface area contributed by atoms with Gasteiger partial charge in [-0.25, -0.2) is 0 Å². The Balaban J connectivity index is 1.54. The summed E-state index contributed by atoms with van der Waals surface area (Å²) in [5.74, 6) is 0.802. The SMILES string of the molecule is Cc1cc(OCC2(O)CCN(C3CCCC3)CC2)cc(C)c1Cl. The molecule has 23 heavy (non-hydrogen) atoms. The van der Waals surface area contributed by atoms with Gasteiger partial charge in [-0.1, -0.05) is 24.4 Å². The lowest BCUT2D eigenvalue weighted by molar-refractivity contribution is -0.0589. The van der Waals surface area contributed by atoms with Crippen LogP contribution in [0.15, 0.2) is 12.1 Å². The molecule has 128 valence electrons. The van der Waals surface area contributed by atoms with Crippen molar-refractivity contribution in [2.75, 3.05) is 19.7 Å². The molecule has 0 aromatic heterocycles. The second-order valence-corrected chi connectivity index (χ2v) is 7.74. The van der Waals surface area contributed by atoms with E-state index in [0.29, 0.717) is 6.61 Å². The zero-order chi connectivity index (χ0) is 16.4. The van der Waals surface area contributed by atoms with E-state index >= 15 is 0 Å². The Morgan fingerprint density at radius 1 is 1.17 bits per heavy atom. The first-order chi connectivity index (χ1) is 11.0. The third kappa shape index (κ3) is 4.01. The summed E-state index contributed by atoms with van der Waals surface area (Å²) in [7, 11) is 0. The summed E-state index contributed by atoms with van der Waals surface area (Å²) in [5, 5.41) is 11.6. The summed E-state index contributed by atoms with van der Waals surface area (Å²) < 4.78 is 5.90. The predicted octanol–water partition coefficient (Wildman–Crippen LogP) is 4.11. The fourth-order valence-corrected chi connectivity index (χ4v) is 4.04. The van der Waals surface area contributed by atoms with E-state index in [1.165, 1.54) is 25.7 Å². The number of piperidine rings is 1. The number of ether oxygens (including phenoxy) is 1. The molecule has 0 amide bonds. The maximum Gasteiger partial charge on any atom is 0.120 e. The monoisotopic (exact) mass is 337 g/mol. The van der Waals surface area contributed by atoms with Gasteiger partial charge in [-0.2, -0.15) is 0 Å². The Labute approximate surface area is 144 Å². The average Bonchev–Trinajstić information content (AvgIpc) is 3.06. The van der Waals surface area contributed by atoms with Crippen LogP contribution in [0.3, 0.4) is 0 Å². The summed E-state index contributed by atoms with van der Waals surface area (Å²) >= 11 is 6.19. The lowest BCUT2D eigenvalue weighted by atomic mass is 9.91. The molecule has 2 fully saturated rings. The van der Waals surface area contributed by atoms with Crippen molar-refractivity contribution in [3.05, 3.63) is 28.3 Å². The molecule has 0 atom stereocenters. The molecule has 1 saturated heterocycles. The molecule has 1 aromatic rings. The van der Waals surface area contributed by atoms with Crippen LogP contribution in [0, 0.1) is 13.8 Å². The number of aliphatic hydroxyl groups is 1. The summed E-state index contributed by atoms with van der Waals surface area (Å²) in [6.07, 6.45) is 6.99. The van der Waals surface area contributed by atoms with Crippen molar-refractivity contribution >= 4 is 11.6 Å². The number of hydrogen-bond acceptors (Lipinski definition) is 3. The molecule has 0 bridgehead atoms. The van der Waals surface area contributed by atoms with Crippen molar-refractivity contribution in [1.82, 2.24) is 4.90 Å². The number of nitrogens with zero attached hydrogens (tertiary/aromatic N) is 1. The highest BCUT2D eigenvalue weighted by Gasteiger charge is 2.36. The number of likely N-dealkylation sites (tertiary alicyclic amines) is 1. The van der Waals surface area contributed by atoms with Crippen molar-refractivity contribution < 1.29 is 9.84 Å². The van der Waals surface area contributed by atoms with Crippen molar-refractivity contribution in [3.8, 4) is 5.75 Å². The first-order valence-electron chi connectivity index (χ1n) is 8.83. The zero-order valence-electron chi connectivity index (χ0n) is 14.3. The van der Waals surface area contributed by atoms with Gasteiger partial charge in [0.05, 0.1) is 0 Å². The van der Waals surface area contributed by atoms with Gasteiger partial charge in [-0.3, -0.25) is 0 Å². The van der Waals surface area contributed by atoms with E-state index in [-0.39, 0.29) is 0 Å². The molecule has 2 aliphatic rings. The van der Waals surface area contributed by atoms with E-state index < -0.39 is 5.60 Å². The second-order valence-electron chi connectivity index (χ2n) is 7.36. The van der Waals surface area contributed by atoms with Gasteiger partial charge < -0.3 is 14.7 Å². The van der Waals surface area contributed by atoms with Crippen molar-refractivity contribution in [1.29, 1.82) is 0 Å². The smallest absolute Gasteiger partial charge is 0.120 e. The van der Waals surface area contributed by atoms with Crippen LogP contribution in [0.1, 0.15) is 49.7 Å². The molecular weight excluding hydrogens is 310 g/mol. The first kappa shape index (κ1) is 17.1. The summed E-state index contributed by atoms with van der Waals surface area (Å²) in [6.45, 7) is 6.31. The summed E-state index contributed by atoms with van der Waals surface area (Å²) in [4.78, 5) is 2.57. The van der Waals surface area contributed by atoms with Gasteiger partial charge in [0.2, 0.25) is 0 Å². The van der Waals surface area contributed by atoms with Crippen molar-refractivity contribution in [2.45, 2.75) is 64.0 Å². The van der Waals surface area contributed by atoms with E-state index in [2.05, 4.69) is 4.90 Å². The van der Waals surface area contributed by atoms with Crippen LogP contribution in [-0.2, 0) is 0 Å². The van der Waals surface area contributed by atoms with Crippen molar-refractivity contribution in [2.24, 2.45) is 0 Å². The second kappa shape index (κ2) is 7.00. The molecule has 3 rings (SSSR count). The Bertz CT molecular complexity index is 523. The molecule has 1 aliphatic carbocycles. The molecule has 0 unspecified atom stereocenters. The lowest BCUT2D eigenvalue weighted by Gasteiger charge is -2.40. The summed E-state index contributed by atoms with van der Waals surface area (Å²) in [5.41, 5.74) is 1.34. The van der Waals surface area contributed by atoms with Crippen LogP contribution in [0.2, 0.25) is 5.02 Å². The molecule has 0 radical (unpaired) electrons. The molecule has 1 aromatic carbocycles. The van der Waals surface area contributed by atoms with Crippen LogP contribution >= 0.6 is 11.6 Å². The Morgan fingerprint density at radius 2 is 1.74 bits per heavy atom. The van der Waals surface area contributed by atoms with E-state index in [9.17, 15) is 5.11 Å². The van der Waals surface area contributed by atoms with Crippen LogP contribution < -0.4 is 4.74 Å². The summed E-state index contributed by atoms with van der Waals surface area (Å²) in [6, 6.07) is 4.65. The molecule has 0 spiro atoms. The molecule has 4 heteroatoms. The normalized spacial score (nSPS) is 22.4. The van der Waals surface area contributed by atoms with E-state index in [1.807, 2.05) is 26.0 Å². The molecule has 1 N–H and O–H groups in total. The van der Waals surface area contributed by atoms with E-state index in [4.69, 9.17) is 16.3 Å². The highest BCUT2D eigenvalue weighted by molar-refractivity contribution is 6.32. The van der Waals surface area contributed by atoms with Crippen molar-refractivity contribution in [3.63, 3.8) is 0 Å². The lowest BCUT2D eigenvalue weighted by Crippen LogP contribution is -2.50. The number of halogens is 1. The fraction of sp³-hybridized carbons (Fsp3) is 0.684. The zero-order valence-corrected chi connectivity index (χ0v) is 15.0. The van der Waals surface area contributed by atoms with E-state index in [1.54, 1.807) is 0 Å². The molecule has 1 saturated carbocycles. The Morgan fingerprint density at radius 3 is 2.30 bits per heavy atom. The van der Waals surface area contributed by atoms with Crippen LogP contribution in [0.4, 0.5) is 0 Å². The number of aryl methyl sites for hydroxylation is 2.